The zero-order valence-corrected chi connectivity index (χ0v) is 17.2. The van der Waals surface area contributed by atoms with E-state index in [0.29, 0.717) is 11.4 Å². The lowest BCUT2D eigenvalue weighted by atomic mass is 9.84. The van der Waals surface area contributed by atoms with Crippen molar-refractivity contribution in [3.05, 3.63) is 76.0 Å². The summed E-state index contributed by atoms with van der Waals surface area (Å²) < 4.78 is 1.74. The fourth-order valence-corrected chi connectivity index (χ4v) is 4.02. The summed E-state index contributed by atoms with van der Waals surface area (Å²) in [6.07, 6.45) is 1.10. The Balaban J connectivity index is 1.81. The van der Waals surface area contributed by atoms with E-state index in [-0.39, 0.29) is 18.1 Å². The van der Waals surface area contributed by atoms with E-state index in [1.165, 1.54) is 5.56 Å². The Morgan fingerprint density at radius 1 is 1.14 bits per heavy atom. The molecular formula is C24H25N3O2. The van der Waals surface area contributed by atoms with Crippen LogP contribution in [0.3, 0.4) is 0 Å². The Bertz CT molecular complexity index is 1110. The fraction of sp³-hybridized carbons (Fsp3) is 0.292. The highest BCUT2D eigenvalue weighted by atomic mass is 16.2. The summed E-state index contributed by atoms with van der Waals surface area (Å²) in [6, 6.07) is 14.0. The number of hydrogen-bond donors (Lipinski definition) is 1. The SMILES string of the molecule is CCc1ccc(-n2nc(C)c3c2NC(=O)CC3C(=O)c2cc(C)ccc2C)cc1. The maximum atomic E-state index is 13.4. The van der Waals surface area contributed by atoms with Crippen LogP contribution in [0, 0.1) is 20.8 Å². The minimum Gasteiger partial charge on any atom is -0.310 e. The molecule has 5 heteroatoms. The van der Waals surface area contributed by atoms with Crippen LogP contribution >= 0.6 is 0 Å². The van der Waals surface area contributed by atoms with Gasteiger partial charge in [-0.2, -0.15) is 5.10 Å². The molecule has 1 aliphatic heterocycles. The Kier molecular flexibility index (Phi) is 4.82. The van der Waals surface area contributed by atoms with Gasteiger partial charge in [0.15, 0.2) is 5.78 Å². The fourth-order valence-electron chi connectivity index (χ4n) is 4.02. The van der Waals surface area contributed by atoms with Gasteiger partial charge in [0.1, 0.15) is 5.82 Å². The van der Waals surface area contributed by atoms with Gasteiger partial charge >= 0.3 is 0 Å². The van der Waals surface area contributed by atoms with Gasteiger partial charge in [-0.3, -0.25) is 9.59 Å². The van der Waals surface area contributed by atoms with Gasteiger partial charge < -0.3 is 5.32 Å². The van der Waals surface area contributed by atoms with Gasteiger partial charge in [0.25, 0.3) is 0 Å². The van der Waals surface area contributed by atoms with E-state index in [1.807, 2.05) is 51.1 Å². The van der Waals surface area contributed by atoms with Crippen molar-refractivity contribution in [3.63, 3.8) is 0 Å². The van der Waals surface area contributed by atoms with E-state index in [2.05, 4.69) is 29.5 Å². The third kappa shape index (κ3) is 3.37. The van der Waals surface area contributed by atoms with Crippen LogP contribution in [-0.2, 0) is 11.2 Å². The summed E-state index contributed by atoms with van der Waals surface area (Å²) in [4.78, 5) is 26.0. The first-order valence-corrected chi connectivity index (χ1v) is 9.99. The van der Waals surface area contributed by atoms with Gasteiger partial charge in [0.05, 0.1) is 17.3 Å². The third-order valence-electron chi connectivity index (χ3n) is 5.67. The molecule has 29 heavy (non-hydrogen) atoms. The van der Waals surface area contributed by atoms with Crippen LogP contribution in [0.15, 0.2) is 42.5 Å². The van der Waals surface area contributed by atoms with Crippen molar-refractivity contribution in [1.82, 2.24) is 9.78 Å². The van der Waals surface area contributed by atoms with Crippen LogP contribution in [0.2, 0.25) is 0 Å². The van der Waals surface area contributed by atoms with E-state index in [9.17, 15) is 9.59 Å². The Morgan fingerprint density at radius 3 is 2.55 bits per heavy atom. The van der Waals surface area contributed by atoms with Crippen LogP contribution in [0.1, 0.15) is 57.6 Å². The molecule has 1 unspecified atom stereocenters. The number of carbonyl (C=O) groups excluding carboxylic acids is 2. The molecule has 0 bridgehead atoms. The Morgan fingerprint density at radius 2 is 1.86 bits per heavy atom. The van der Waals surface area contributed by atoms with Crippen molar-refractivity contribution in [2.24, 2.45) is 0 Å². The molecule has 1 aliphatic rings. The number of anilines is 1. The number of nitrogens with one attached hydrogen (secondary N) is 1. The zero-order chi connectivity index (χ0) is 20.7. The number of ketones is 1. The van der Waals surface area contributed by atoms with E-state index in [1.54, 1.807) is 4.68 Å². The number of rotatable bonds is 4. The predicted octanol–water partition coefficient (Wildman–Crippen LogP) is 4.67. The maximum Gasteiger partial charge on any atom is 0.226 e. The number of carbonyl (C=O) groups is 2. The lowest BCUT2D eigenvalue weighted by molar-refractivity contribution is -0.116. The zero-order valence-electron chi connectivity index (χ0n) is 17.2. The molecule has 2 aromatic carbocycles. The van der Waals surface area contributed by atoms with Gasteiger partial charge in [-0.15, -0.1) is 0 Å². The molecule has 0 aliphatic carbocycles. The van der Waals surface area contributed by atoms with Crippen molar-refractivity contribution in [2.75, 3.05) is 5.32 Å². The number of nitrogens with zero attached hydrogens (tertiary/aromatic N) is 2. The molecule has 1 atom stereocenters. The highest BCUT2D eigenvalue weighted by Gasteiger charge is 2.36. The minimum absolute atomic E-state index is 0.0220. The largest absolute Gasteiger partial charge is 0.310 e. The van der Waals surface area contributed by atoms with Crippen LogP contribution in [-0.4, -0.2) is 21.5 Å². The summed E-state index contributed by atoms with van der Waals surface area (Å²) in [5.74, 6) is -0.103. The average Bonchev–Trinajstić information content (AvgIpc) is 3.05. The molecule has 1 aromatic heterocycles. The smallest absolute Gasteiger partial charge is 0.226 e. The topological polar surface area (TPSA) is 64.0 Å². The average molecular weight is 387 g/mol. The molecule has 0 spiro atoms. The molecule has 148 valence electrons. The molecule has 0 saturated heterocycles. The monoisotopic (exact) mass is 387 g/mol. The number of amides is 1. The van der Waals surface area contributed by atoms with Crippen molar-refractivity contribution in [2.45, 2.75) is 46.5 Å². The molecule has 5 nitrogen and oxygen atoms in total. The summed E-state index contributed by atoms with van der Waals surface area (Å²) in [6.45, 7) is 7.91. The summed E-state index contributed by atoms with van der Waals surface area (Å²) in [7, 11) is 0. The number of benzene rings is 2. The normalized spacial score (nSPS) is 15.7. The summed E-state index contributed by atoms with van der Waals surface area (Å²) >= 11 is 0. The van der Waals surface area contributed by atoms with Gasteiger partial charge in [-0.25, -0.2) is 4.68 Å². The number of aryl methyl sites for hydroxylation is 4. The molecule has 1 N–H and O–H groups in total. The second-order valence-corrected chi connectivity index (χ2v) is 7.77. The molecular weight excluding hydrogens is 362 g/mol. The Hall–Kier alpha value is -3.21. The van der Waals surface area contributed by atoms with Gasteiger partial charge in [-0.05, 0) is 56.5 Å². The van der Waals surface area contributed by atoms with Crippen LogP contribution in [0.4, 0.5) is 5.82 Å². The number of Topliss-reactive ketones (excluding diaryl/α,β-unsaturated/α-hetero) is 1. The second kappa shape index (κ2) is 7.32. The first-order valence-electron chi connectivity index (χ1n) is 9.99. The molecule has 2 heterocycles. The highest BCUT2D eigenvalue weighted by molar-refractivity contribution is 6.08. The van der Waals surface area contributed by atoms with Crippen molar-refractivity contribution in [1.29, 1.82) is 0 Å². The molecule has 0 radical (unpaired) electrons. The van der Waals surface area contributed by atoms with E-state index in [0.717, 1.165) is 34.5 Å². The lowest BCUT2D eigenvalue weighted by Gasteiger charge is -2.24. The van der Waals surface area contributed by atoms with Crippen molar-refractivity contribution in [3.8, 4) is 5.69 Å². The van der Waals surface area contributed by atoms with Crippen LogP contribution in [0.5, 0.6) is 0 Å². The third-order valence-corrected chi connectivity index (χ3v) is 5.67. The minimum atomic E-state index is -0.525. The lowest BCUT2D eigenvalue weighted by Crippen LogP contribution is -2.28. The van der Waals surface area contributed by atoms with E-state index >= 15 is 0 Å². The molecule has 0 saturated carbocycles. The standard InChI is InChI=1S/C24H25N3O2/c1-5-17-8-10-18(11-9-17)27-24-22(16(4)26-27)20(13-21(28)25-24)23(29)19-12-14(2)6-7-15(19)3/h6-12,20H,5,13H2,1-4H3,(H,25,28). The van der Waals surface area contributed by atoms with Crippen LogP contribution in [0.25, 0.3) is 5.69 Å². The molecule has 0 fully saturated rings. The number of fused-ring (bicyclic) bond motifs is 1. The van der Waals surface area contributed by atoms with Crippen molar-refractivity contribution < 1.29 is 9.59 Å². The molecule has 4 rings (SSSR count). The predicted molar refractivity (Wildman–Crippen MR) is 114 cm³/mol. The molecule has 1 amide bonds. The number of hydrogen-bond acceptors (Lipinski definition) is 3. The number of aromatic nitrogens is 2. The van der Waals surface area contributed by atoms with E-state index < -0.39 is 5.92 Å². The van der Waals surface area contributed by atoms with Gasteiger partial charge in [0.2, 0.25) is 5.91 Å². The summed E-state index contributed by atoms with van der Waals surface area (Å²) in [5.41, 5.74) is 6.31. The molecule has 3 aromatic rings. The van der Waals surface area contributed by atoms with Crippen molar-refractivity contribution >= 4 is 17.5 Å². The van der Waals surface area contributed by atoms with Crippen LogP contribution < -0.4 is 5.32 Å². The van der Waals surface area contributed by atoms with Gasteiger partial charge in [-0.1, -0.05) is 36.8 Å². The second-order valence-electron chi connectivity index (χ2n) is 7.77. The Labute approximate surface area is 170 Å². The maximum absolute atomic E-state index is 13.4. The first-order chi connectivity index (χ1) is 13.9. The first kappa shape index (κ1) is 19.1. The van der Waals surface area contributed by atoms with Gasteiger partial charge in [0, 0.05) is 17.5 Å². The highest BCUT2D eigenvalue weighted by Crippen LogP contribution is 2.38. The van der Waals surface area contributed by atoms with E-state index in [4.69, 9.17) is 0 Å². The quantitative estimate of drug-likeness (QED) is 0.662. The summed E-state index contributed by atoms with van der Waals surface area (Å²) in [5, 5.41) is 7.62.